The number of halogens is 1. The Morgan fingerprint density at radius 2 is 2.10 bits per heavy atom. The Morgan fingerprint density at radius 1 is 1.45 bits per heavy atom. The van der Waals surface area contributed by atoms with E-state index >= 15 is 0 Å². The van der Waals surface area contributed by atoms with Crippen molar-refractivity contribution in [2.45, 2.75) is 27.2 Å². The fourth-order valence-electron chi connectivity index (χ4n) is 1.24. The van der Waals surface area contributed by atoms with Gasteiger partial charge in [-0.3, -0.25) is 4.79 Å². The van der Waals surface area contributed by atoms with Crippen molar-refractivity contribution in [2.24, 2.45) is 5.92 Å². The third-order valence-electron chi connectivity index (χ3n) is 2.39. The first-order chi connectivity index (χ1) is 9.36. The molecule has 0 unspecified atom stereocenters. The molecule has 0 fully saturated rings. The molecule has 0 bridgehead atoms. The van der Waals surface area contributed by atoms with E-state index < -0.39 is 29.3 Å². The summed E-state index contributed by atoms with van der Waals surface area (Å²) >= 11 is 0. The summed E-state index contributed by atoms with van der Waals surface area (Å²) in [6.07, 6.45) is 1.38. The Labute approximate surface area is 115 Å². The Morgan fingerprint density at radius 3 is 2.65 bits per heavy atom. The van der Waals surface area contributed by atoms with Gasteiger partial charge in [-0.25, -0.2) is 18.5 Å². The molecule has 1 aromatic heterocycles. The molecule has 110 valence electrons. The first-order valence-corrected chi connectivity index (χ1v) is 6.25. The van der Waals surface area contributed by atoms with E-state index in [9.17, 15) is 18.8 Å². The van der Waals surface area contributed by atoms with E-state index in [2.05, 4.69) is 15.6 Å². The summed E-state index contributed by atoms with van der Waals surface area (Å²) in [5.74, 6) is -2.28. The summed E-state index contributed by atoms with van der Waals surface area (Å²) < 4.78 is 14.2. The van der Waals surface area contributed by atoms with Crippen LogP contribution in [0, 0.1) is 11.7 Å². The van der Waals surface area contributed by atoms with Crippen LogP contribution in [0.4, 0.5) is 15.0 Å². The molecule has 0 radical (unpaired) electrons. The van der Waals surface area contributed by atoms with Gasteiger partial charge in [-0.05, 0) is 6.42 Å². The van der Waals surface area contributed by atoms with Gasteiger partial charge in [0.25, 0.3) is 0 Å². The quantitative estimate of drug-likeness (QED) is 0.860. The molecule has 7 nitrogen and oxygen atoms in total. The third kappa shape index (κ3) is 3.87. The van der Waals surface area contributed by atoms with Crippen LogP contribution >= 0.6 is 0 Å². The molecule has 0 saturated carbocycles. The number of hydrogen-bond donors (Lipinski definition) is 2. The van der Waals surface area contributed by atoms with Crippen molar-refractivity contribution in [1.29, 1.82) is 0 Å². The highest BCUT2D eigenvalue weighted by atomic mass is 19.1. The zero-order chi connectivity index (χ0) is 15.3. The minimum Gasteiger partial charge on any atom is -0.337 e. The van der Waals surface area contributed by atoms with Crippen LogP contribution in [0.3, 0.4) is 0 Å². The third-order valence-corrected chi connectivity index (χ3v) is 2.39. The molecular formula is C12H17FN4O3. The molecular weight excluding hydrogens is 267 g/mol. The molecule has 1 rings (SSSR count). The van der Waals surface area contributed by atoms with Crippen molar-refractivity contribution in [2.75, 3.05) is 11.9 Å². The van der Waals surface area contributed by atoms with Gasteiger partial charge >= 0.3 is 11.7 Å². The van der Waals surface area contributed by atoms with Gasteiger partial charge in [0.2, 0.25) is 5.91 Å². The molecule has 20 heavy (non-hydrogen) atoms. The van der Waals surface area contributed by atoms with Gasteiger partial charge in [0, 0.05) is 12.5 Å². The monoisotopic (exact) mass is 284 g/mol. The van der Waals surface area contributed by atoms with Crippen LogP contribution in [-0.4, -0.2) is 28.0 Å². The second-order valence-corrected chi connectivity index (χ2v) is 4.47. The molecule has 0 aliphatic rings. The number of carbonyl (C=O) groups excluding carboxylic acids is 2. The number of nitrogens with zero attached hydrogens (tertiary/aromatic N) is 2. The number of carbonyl (C=O) groups is 2. The fourth-order valence-corrected chi connectivity index (χ4v) is 1.24. The maximum Gasteiger partial charge on any atom is 0.358 e. The zero-order valence-electron chi connectivity index (χ0n) is 11.6. The average Bonchev–Trinajstić information content (AvgIpc) is 2.39. The van der Waals surface area contributed by atoms with Crippen molar-refractivity contribution in [3.63, 3.8) is 0 Å². The highest BCUT2D eigenvalue weighted by Crippen LogP contribution is 2.08. The summed E-state index contributed by atoms with van der Waals surface area (Å²) in [4.78, 5) is 38.0. The van der Waals surface area contributed by atoms with Crippen molar-refractivity contribution in [1.82, 2.24) is 14.9 Å². The highest BCUT2D eigenvalue weighted by Gasteiger charge is 2.16. The lowest BCUT2D eigenvalue weighted by molar-refractivity contribution is -0.118. The minimum atomic E-state index is -0.959. The van der Waals surface area contributed by atoms with Crippen LogP contribution < -0.4 is 16.3 Å². The van der Waals surface area contributed by atoms with E-state index in [4.69, 9.17) is 0 Å². The Balaban J connectivity index is 3.00. The number of anilines is 1. The van der Waals surface area contributed by atoms with Crippen molar-refractivity contribution >= 4 is 17.8 Å². The molecule has 2 N–H and O–H groups in total. The number of amides is 2. The van der Waals surface area contributed by atoms with Crippen molar-refractivity contribution < 1.29 is 14.0 Å². The maximum absolute atomic E-state index is 13.7. The zero-order valence-corrected chi connectivity index (χ0v) is 11.6. The van der Waals surface area contributed by atoms with E-state index in [1.807, 2.05) is 6.92 Å². The standard InChI is InChI=1S/C12H17FN4O3/c1-4-5-14-11(19)17-6-8(13)9(16-12(17)20)15-10(18)7(2)3/h6-7H,4-5H2,1-3H3,(H,14,19)(H,15,16,18,20). The lowest BCUT2D eigenvalue weighted by atomic mass is 10.2. The highest BCUT2D eigenvalue weighted by molar-refractivity contribution is 5.91. The van der Waals surface area contributed by atoms with Gasteiger partial charge < -0.3 is 10.6 Å². The second kappa shape index (κ2) is 6.78. The topological polar surface area (TPSA) is 93.1 Å². The number of rotatable bonds is 4. The Kier molecular flexibility index (Phi) is 5.36. The van der Waals surface area contributed by atoms with Crippen molar-refractivity contribution in [3.05, 3.63) is 22.5 Å². The van der Waals surface area contributed by atoms with Crippen LogP contribution in [0.15, 0.2) is 11.0 Å². The van der Waals surface area contributed by atoms with E-state index in [0.717, 1.165) is 0 Å². The number of aromatic nitrogens is 2. The molecule has 0 aliphatic heterocycles. The van der Waals surface area contributed by atoms with Crippen LogP contribution in [-0.2, 0) is 4.79 Å². The number of nitrogens with one attached hydrogen (secondary N) is 2. The predicted octanol–water partition coefficient (Wildman–Crippen LogP) is 0.945. The molecule has 0 spiro atoms. The number of hydrogen-bond acceptors (Lipinski definition) is 4. The van der Waals surface area contributed by atoms with Gasteiger partial charge in [0.15, 0.2) is 11.6 Å². The fraction of sp³-hybridized carbons (Fsp3) is 0.500. The average molecular weight is 284 g/mol. The maximum atomic E-state index is 13.7. The van der Waals surface area contributed by atoms with Crippen LogP contribution in [0.25, 0.3) is 0 Å². The lowest BCUT2D eigenvalue weighted by Crippen LogP contribution is -2.38. The van der Waals surface area contributed by atoms with E-state index in [0.29, 0.717) is 23.7 Å². The largest absolute Gasteiger partial charge is 0.358 e. The summed E-state index contributed by atoms with van der Waals surface area (Å²) in [6, 6.07) is -0.759. The van der Waals surface area contributed by atoms with E-state index in [1.54, 1.807) is 13.8 Å². The smallest absolute Gasteiger partial charge is 0.337 e. The summed E-state index contributed by atoms with van der Waals surface area (Å²) in [6.45, 7) is 5.43. The predicted molar refractivity (Wildman–Crippen MR) is 71.0 cm³/mol. The molecule has 0 aromatic carbocycles. The van der Waals surface area contributed by atoms with Gasteiger partial charge in [0.1, 0.15) is 0 Å². The minimum absolute atomic E-state index is 0.360. The van der Waals surface area contributed by atoms with Gasteiger partial charge in [-0.1, -0.05) is 20.8 Å². The van der Waals surface area contributed by atoms with Crippen LogP contribution in [0.1, 0.15) is 27.2 Å². The van der Waals surface area contributed by atoms with Gasteiger partial charge in [-0.2, -0.15) is 4.98 Å². The molecule has 1 heterocycles. The first-order valence-electron chi connectivity index (χ1n) is 6.25. The van der Waals surface area contributed by atoms with Gasteiger partial charge in [0.05, 0.1) is 6.20 Å². The van der Waals surface area contributed by atoms with Crippen LogP contribution in [0.2, 0.25) is 0 Å². The van der Waals surface area contributed by atoms with E-state index in [1.165, 1.54) is 0 Å². The molecule has 2 amide bonds. The van der Waals surface area contributed by atoms with Crippen molar-refractivity contribution in [3.8, 4) is 0 Å². The normalized spacial score (nSPS) is 10.4. The lowest BCUT2D eigenvalue weighted by Gasteiger charge is -2.09. The SMILES string of the molecule is CCCNC(=O)n1cc(F)c(NC(=O)C(C)C)nc1=O. The van der Waals surface area contributed by atoms with E-state index in [-0.39, 0.29) is 5.92 Å². The molecule has 1 aromatic rings. The van der Waals surface area contributed by atoms with Crippen LogP contribution in [0.5, 0.6) is 0 Å². The molecule has 8 heteroatoms. The summed E-state index contributed by atoms with van der Waals surface area (Å²) in [5.41, 5.74) is -0.959. The first kappa shape index (κ1) is 15.8. The summed E-state index contributed by atoms with van der Waals surface area (Å²) in [5, 5.41) is 4.61. The Hall–Kier alpha value is -2.25. The molecule has 0 atom stereocenters. The summed E-state index contributed by atoms with van der Waals surface area (Å²) in [7, 11) is 0. The Bertz CT molecular complexity index is 568. The molecule has 0 saturated heterocycles. The second-order valence-electron chi connectivity index (χ2n) is 4.47. The molecule has 0 aliphatic carbocycles. The van der Waals surface area contributed by atoms with Gasteiger partial charge in [-0.15, -0.1) is 0 Å².